The summed E-state index contributed by atoms with van der Waals surface area (Å²) in [7, 11) is 0. The van der Waals surface area contributed by atoms with Crippen LogP contribution in [0.15, 0.2) is 24.3 Å². The highest BCUT2D eigenvalue weighted by Crippen LogP contribution is 2.23. The van der Waals surface area contributed by atoms with Crippen molar-refractivity contribution in [3.8, 4) is 0 Å². The van der Waals surface area contributed by atoms with Gasteiger partial charge in [-0.1, -0.05) is 31.5 Å². The summed E-state index contributed by atoms with van der Waals surface area (Å²) in [5.41, 5.74) is 0.250. The standard InChI is InChI=1S/C14H16ClNO4/c1-2-3-8-13(17)11(14(15)18)9-10-6-4-5-7-12(10)16(19)20/h4-7,11H,2-3,8-9H2,1H3. The lowest BCUT2D eigenvalue weighted by Gasteiger charge is -2.11. The molecule has 0 spiro atoms. The molecule has 0 radical (unpaired) electrons. The number of ketones is 1. The van der Waals surface area contributed by atoms with E-state index >= 15 is 0 Å². The van der Waals surface area contributed by atoms with Crippen LogP contribution in [0.3, 0.4) is 0 Å². The van der Waals surface area contributed by atoms with Crippen molar-refractivity contribution in [2.75, 3.05) is 0 Å². The molecule has 0 fully saturated rings. The van der Waals surface area contributed by atoms with E-state index in [-0.39, 0.29) is 24.3 Å². The van der Waals surface area contributed by atoms with Crippen LogP contribution >= 0.6 is 11.6 Å². The Labute approximate surface area is 122 Å². The molecule has 6 heteroatoms. The Morgan fingerprint density at radius 3 is 2.55 bits per heavy atom. The third-order valence-corrected chi connectivity index (χ3v) is 3.32. The average Bonchev–Trinajstić information content (AvgIpc) is 2.42. The first-order valence-electron chi connectivity index (χ1n) is 6.41. The SMILES string of the molecule is CCCCC(=O)C(Cc1ccccc1[N+](=O)[O-])C(=O)Cl. The number of Topliss-reactive ketones (excluding diaryl/α,β-unsaturated/α-hetero) is 1. The van der Waals surface area contributed by atoms with Crippen molar-refractivity contribution in [2.24, 2.45) is 5.92 Å². The van der Waals surface area contributed by atoms with Crippen LogP contribution in [-0.2, 0) is 16.0 Å². The van der Waals surface area contributed by atoms with Gasteiger partial charge in [0.05, 0.1) is 10.8 Å². The molecule has 0 aliphatic heterocycles. The molecule has 1 unspecified atom stereocenters. The molecule has 5 nitrogen and oxygen atoms in total. The number of carbonyl (C=O) groups is 2. The predicted octanol–water partition coefficient (Wildman–Crippen LogP) is 3.28. The van der Waals surface area contributed by atoms with Crippen molar-refractivity contribution in [3.63, 3.8) is 0 Å². The summed E-state index contributed by atoms with van der Waals surface area (Å²) in [5, 5.41) is 10.2. The number of unbranched alkanes of at least 4 members (excludes halogenated alkanes) is 1. The van der Waals surface area contributed by atoms with Crippen LogP contribution < -0.4 is 0 Å². The zero-order chi connectivity index (χ0) is 15.1. The van der Waals surface area contributed by atoms with Crippen molar-refractivity contribution < 1.29 is 14.5 Å². The lowest BCUT2D eigenvalue weighted by Crippen LogP contribution is -2.23. The van der Waals surface area contributed by atoms with Crippen molar-refractivity contribution in [3.05, 3.63) is 39.9 Å². The molecule has 1 atom stereocenters. The lowest BCUT2D eigenvalue weighted by molar-refractivity contribution is -0.385. The number of rotatable bonds is 8. The number of nitrogens with zero attached hydrogens (tertiary/aromatic N) is 1. The first-order chi connectivity index (χ1) is 9.47. The fraction of sp³-hybridized carbons (Fsp3) is 0.429. The summed E-state index contributed by atoms with van der Waals surface area (Å²) >= 11 is 5.47. The molecule has 20 heavy (non-hydrogen) atoms. The molecule has 0 amide bonds. The molecule has 0 N–H and O–H groups in total. The minimum absolute atomic E-state index is 0.0258. The van der Waals surface area contributed by atoms with E-state index < -0.39 is 16.1 Å². The Morgan fingerprint density at radius 2 is 2.00 bits per heavy atom. The zero-order valence-electron chi connectivity index (χ0n) is 11.2. The third-order valence-electron chi connectivity index (χ3n) is 3.05. The van der Waals surface area contributed by atoms with Crippen LogP contribution in [0.2, 0.25) is 0 Å². The second kappa shape index (κ2) is 7.75. The Kier molecular flexibility index (Phi) is 6.31. The molecular formula is C14H16ClNO4. The molecule has 1 rings (SSSR count). The van der Waals surface area contributed by atoms with Gasteiger partial charge in [0.25, 0.3) is 5.69 Å². The summed E-state index contributed by atoms with van der Waals surface area (Å²) in [6.07, 6.45) is 1.75. The zero-order valence-corrected chi connectivity index (χ0v) is 11.9. The molecule has 1 aromatic rings. The van der Waals surface area contributed by atoms with Crippen LogP contribution in [0, 0.1) is 16.0 Å². The largest absolute Gasteiger partial charge is 0.299 e. The van der Waals surface area contributed by atoms with E-state index in [0.717, 1.165) is 6.42 Å². The van der Waals surface area contributed by atoms with Gasteiger partial charge >= 0.3 is 0 Å². The first-order valence-corrected chi connectivity index (χ1v) is 6.79. The highest BCUT2D eigenvalue weighted by molar-refractivity contribution is 6.65. The Morgan fingerprint density at radius 1 is 1.35 bits per heavy atom. The van der Waals surface area contributed by atoms with Gasteiger partial charge < -0.3 is 0 Å². The van der Waals surface area contributed by atoms with Crippen molar-refractivity contribution in [2.45, 2.75) is 32.6 Å². The minimum Gasteiger partial charge on any atom is -0.299 e. The maximum Gasteiger partial charge on any atom is 0.272 e. The van der Waals surface area contributed by atoms with Gasteiger partial charge in [-0.25, -0.2) is 0 Å². The van der Waals surface area contributed by atoms with E-state index in [1.807, 2.05) is 6.92 Å². The number of carbonyl (C=O) groups excluding carboxylic acids is 2. The van der Waals surface area contributed by atoms with E-state index in [9.17, 15) is 19.7 Å². The van der Waals surface area contributed by atoms with E-state index in [4.69, 9.17) is 11.6 Å². The summed E-state index contributed by atoms with van der Waals surface area (Å²) in [6.45, 7) is 1.94. The highest BCUT2D eigenvalue weighted by atomic mass is 35.5. The monoisotopic (exact) mass is 297 g/mol. The van der Waals surface area contributed by atoms with Gasteiger partial charge in [0.1, 0.15) is 5.78 Å². The molecular weight excluding hydrogens is 282 g/mol. The predicted molar refractivity (Wildman–Crippen MR) is 75.7 cm³/mol. The molecule has 108 valence electrons. The number of nitro groups is 1. The van der Waals surface area contributed by atoms with Gasteiger partial charge in [-0.3, -0.25) is 19.7 Å². The smallest absolute Gasteiger partial charge is 0.272 e. The maximum atomic E-state index is 12.0. The number of benzene rings is 1. The van der Waals surface area contributed by atoms with Crippen LogP contribution in [-0.4, -0.2) is 15.9 Å². The van der Waals surface area contributed by atoms with E-state index in [2.05, 4.69) is 0 Å². The van der Waals surface area contributed by atoms with Gasteiger partial charge in [-0.2, -0.15) is 0 Å². The number of hydrogen-bond acceptors (Lipinski definition) is 4. The van der Waals surface area contributed by atoms with Gasteiger partial charge in [0.2, 0.25) is 5.24 Å². The highest BCUT2D eigenvalue weighted by Gasteiger charge is 2.27. The van der Waals surface area contributed by atoms with Crippen LogP contribution in [0.5, 0.6) is 0 Å². The second-order valence-electron chi connectivity index (χ2n) is 4.52. The fourth-order valence-electron chi connectivity index (χ4n) is 1.93. The van der Waals surface area contributed by atoms with Gasteiger partial charge in [-0.05, 0) is 24.4 Å². The molecule has 0 aliphatic carbocycles. The van der Waals surface area contributed by atoms with Gasteiger partial charge in [0, 0.05) is 18.1 Å². The summed E-state index contributed by atoms with van der Waals surface area (Å²) in [5.74, 6) is -1.27. The maximum absolute atomic E-state index is 12.0. The molecule has 0 heterocycles. The number of para-hydroxylation sites is 1. The quantitative estimate of drug-likeness (QED) is 0.319. The molecule has 0 saturated carbocycles. The van der Waals surface area contributed by atoms with Crippen LogP contribution in [0.25, 0.3) is 0 Å². The second-order valence-corrected chi connectivity index (χ2v) is 4.89. The molecule has 0 saturated heterocycles. The Balaban J connectivity index is 2.94. The van der Waals surface area contributed by atoms with Gasteiger partial charge in [0.15, 0.2) is 0 Å². The van der Waals surface area contributed by atoms with Crippen LogP contribution in [0.1, 0.15) is 31.7 Å². The van der Waals surface area contributed by atoms with Crippen molar-refractivity contribution in [1.82, 2.24) is 0 Å². The summed E-state index contributed by atoms with van der Waals surface area (Å²) in [4.78, 5) is 33.8. The summed E-state index contributed by atoms with van der Waals surface area (Å²) in [6, 6.07) is 6.06. The molecule has 1 aromatic carbocycles. The van der Waals surface area contributed by atoms with Crippen molar-refractivity contribution in [1.29, 1.82) is 0 Å². The van der Waals surface area contributed by atoms with E-state index in [0.29, 0.717) is 12.0 Å². The minimum atomic E-state index is -1.01. The number of nitro benzene ring substituents is 1. The number of halogens is 1. The average molecular weight is 298 g/mol. The lowest BCUT2D eigenvalue weighted by atomic mass is 9.93. The molecule has 0 aromatic heterocycles. The van der Waals surface area contributed by atoms with Crippen LogP contribution in [0.4, 0.5) is 5.69 Å². The third kappa shape index (κ3) is 4.42. The Bertz CT molecular complexity index is 516. The van der Waals surface area contributed by atoms with Gasteiger partial charge in [-0.15, -0.1) is 0 Å². The summed E-state index contributed by atoms with van der Waals surface area (Å²) < 4.78 is 0. The fourth-order valence-corrected chi connectivity index (χ4v) is 2.13. The van der Waals surface area contributed by atoms with E-state index in [1.54, 1.807) is 6.07 Å². The number of hydrogen-bond donors (Lipinski definition) is 0. The topological polar surface area (TPSA) is 77.3 Å². The van der Waals surface area contributed by atoms with E-state index in [1.165, 1.54) is 18.2 Å². The first kappa shape index (κ1) is 16.3. The van der Waals surface area contributed by atoms with Crippen molar-refractivity contribution >= 4 is 28.3 Å². The molecule has 0 bridgehead atoms. The molecule has 0 aliphatic rings. The normalized spacial score (nSPS) is 11.9. The Hall–Kier alpha value is -1.75.